The summed E-state index contributed by atoms with van der Waals surface area (Å²) in [5.74, 6) is 0.380. The molecule has 1 rings (SSSR count). The Hall–Kier alpha value is -2.50. The van der Waals surface area contributed by atoms with Gasteiger partial charge in [-0.25, -0.2) is 9.59 Å². The summed E-state index contributed by atoms with van der Waals surface area (Å²) in [7, 11) is 2.82. The average Bonchev–Trinajstić information content (AvgIpc) is 2.54. The lowest BCUT2D eigenvalue weighted by molar-refractivity contribution is -0.134. The minimum Gasteiger partial charge on any atom is -0.497 e. The lowest BCUT2D eigenvalue weighted by Crippen LogP contribution is -2.33. The first kappa shape index (κ1) is 17.6. The number of carbonyl (C=O) groups is 2. The zero-order chi connectivity index (χ0) is 16.5. The van der Waals surface area contributed by atoms with E-state index in [1.807, 2.05) is 13.8 Å². The molecule has 0 fully saturated rings. The van der Waals surface area contributed by atoms with Crippen molar-refractivity contribution in [3.05, 3.63) is 29.8 Å². The van der Waals surface area contributed by atoms with E-state index < -0.39 is 12.1 Å². The third-order valence-electron chi connectivity index (χ3n) is 3.04. The van der Waals surface area contributed by atoms with E-state index in [0.29, 0.717) is 30.2 Å². The molecule has 0 N–H and O–H groups in total. The van der Waals surface area contributed by atoms with Crippen LogP contribution in [0.2, 0.25) is 0 Å². The second kappa shape index (κ2) is 8.71. The van der Waals surface area contributed by atoms with Gasteiger partial charge < -0.3 is 19.1 Å². The summed E-state index contributed by atoms with van der Waals surface area (Å²) in [6.45, 7) is 4.84. The van der Waals surface area contributed by atoms with Crippen molar-refractivity contribution in [2.75, 3.05) is 27.3 Å². The van der Waals surface area contributed by atoms with Gasteiger partial charge in [-0.2, -0.15) is 0 Å². The summed E-state index contributed by atoms with van der Waals surface area (Å²) in [4.78, 5) is 24.8. The van der Waals surface area contributed by atoms with E-state index in [9.17, 15) is 9.59 Å². The van der Waals surface area contributed by atoms with Crippen molar-refractivity contribution in [2.45, 2.75) is 13.8 Å². The molecule has 1 amide bonds. The van der Waals surface area contributed by atoms with E-state index in [0.717, 1.165) is 0 Å². The maximum atomic E-state index is 12.1. The molecule has 0 atom stereocenters. The molecule has 0 aliphatic heterocycles. The van der Waals surface area contributed by atoms with Gasteiger partial charge in [-0.15, -0.1) is 0 Å². The lowest BCUT2D eigenvalue weighted by atomic mass is 10.1. The predicted molar refractivity (Wildman–Crippen MR) is 83.0 cm³/mol. The molecule has 1 aromatic rings. The topological polar surface area (TPSA) is 65.1 Å². The van der Waals surface area contributed by atoms with Crippen molar-refractivity contribution < 1.29 is 23.8 Å². The van der Waals surface area contributed by atoms with E-state index in [1.54, 1.807) is 23.1 Å². The van der Waals surface area contributed by atoms with Crippen LogP contribution in [0, 0.1) is 0 Å². The van der Waals surface area contributed by atoms with Gasteiger partial charge in [-0.3, -0.25) is 0 Å². The van der Waals surface area contributed by atoms with Crippen molar-refractivity contribution in [1.82, 2.24) is 4.90 Å². The quantitative estimate of drug-likeness (QED) is 0.597. The molecule has 1 aromatic carbocycles. The Morgan fingerprint density at radius 2 is 1.86 bits per heavy atom. The molecular formula is C16H21NO5. The SMILES string of the molecule is CCN(CC)C(=O)Oc1cc(OC)ccc1/C=C/C(=O)OC. The molecule has 120 valence electrons. The number of nitrogens with zero attached hydrogens (tertiary/aromatic N) is 1. The number of methoxy groups -OCH3 is 2. The van der Waals surface area contributed by atoms with Gasteiger partial charge in [0.15, 0.2) is 0 Å². The van der Waals surface area contributed by atoms with E-state index in [1.165, 1.54) is 26.4 Å². The third kappa shape index (κ3) is 4.80. The van der Waals surface area contributed by atoms with Crippen molar-refractivity contribution in [3.8, 4) is 11.5 Å². The fourth-order valence-corrected chi connectivity index (χ4v) is 1.73. The minimum absolute atomic E-state index is 0.316. The van der Waals surface area contributed by atoms with Crippen LogP contribution in [0.25, 0.3) is 6.08 Å². The van der Waals surface area contributed by atoms with Crippen LogP contribution in [-0.2, 0) is 9.53 Å². The molecule has 0 radical (unpaired) electrons. The monoisotopic (exact) mass is 307 g/mol. The minimum atomic E-state index is -0.489. The van der Waals surface area contributed by atoms with Crippen LogP contribution in [0.5, 0.6) is 11.5 Å². The second-order valence-corrected chi connectivity index (χ2v) is 4.30. The number of hydrogen-bond donors (Lipinski definition) is 0. The van der Waals surface area contributed by atoms with Crippen LogP contribution < -0.4 is 9.47 Å². The summed E-state index contributed by atoms with van der Waals surface area (Å²) >= 11 is 0. The summed E-state index contributed by atoms with van der Waals surface area (Å²) in [5.41, 5.74) is 0.576. The number of amides is 1. The van der Waals surface area contributed by atoms with Crippen LogP contribution in [0.1, 0.15) is 19.4 Å². The molecule has 0 saturated carbocycles. The summed E-state index contributed by atoms with van der Waals surface area (Å²) in [6, 6.07) is 5.01. The number of esters is 1. The normalized spacial score (nSPS) is 10.4. The van der Waals surface area contributed by atoms with E-state index in [4.69, 9.17) is 9.47 Å². The van der Waals surface area contributed by atoms with Crippen molar-refractivity contribution in [2.24, 2.45) is 0 Å². The van der Waals surface area contributed by atoms with Crippen molar-refractivity contribution in [1.29, 1.82) is 0 Å². The molecule has 0 aliphatic carbocycles. The first-order valence-corrected chi connectivity index (χ1v) is 6.96. The van der Waals surface area contributed by atoms with Crippen LogP contribution in [-0.4, -0.2) is 44.3 Å². The van der Waals surface area contributed by atoms with Crippen LogP contribution in [0.4, 0.5) is 4.79 Å². The van der Waals surface area contributed by atoms with Crippen LogP contribution in [0.3, 0.4) is 0 Å². The van der Waals surface area contributed by atoms with Crippen LogP contribution >= 0.6 is 0 Å². The van der Waals surface area contributed by atoms with Crippen LogP contribution in [0.15, 0.2) is 24.3 Å². The maximum absolute atomic E-state index is 12.1. The Kier molecular flexibility index (Phi) is 6.95. The highest BCUT2D eigenvalue weighted by molar-refractivity contribution is 5.87. The summed E-state index contributed by atoms with van der Waals surface area (Å²) < 4.78 is 15.1. The number of benzene rings is 1. The number of carbonyl (C=O) groups excluding carboxylic acids is 2. The third-order valence-corrected chi connectivity index (χ3v) is 3.04. The fraction of sp³-hybridized carbons (Fsp3) is 0.375. The zero-order valence-electron chi connectivity index (χ0n) is 13.3. The standard InChI is InChI=1S/C16H21NO5/c1-5-17(6-2)16(19)22-14-11-13(20-3)9-7-12(14)8-10-15(18)21-4/h7-11H,5-6H2,1-4H3/b10-8+. The molecule has 0 aromatic heterocycles. The lowest BCUT2D eigenvalue weighted by Gasteiger charge is -2.19. The molecule has 6 nitrogen and oxygen atoms in total. The molecule has 0 aliphatic rings. The zero-order valence-corrected chi connectivity index (χ0v) is 13.3. The molecule has 0 saturated heterocycles. The molecule has 22 heavy (non-hydrogen) atoms. The Bertz CT molecular complexity index is 549. The van der Waals surface area contributed by atoms with Crippen molar-refractivity contribution >= 4 is 18.1 Å². The van der Waals surface area contributed by atoms with Gasteiger partial charge in [-0.05, 0) is 32.1 Å². The molecule has 0 unspecified atom stereocenters. The van der Waals surface area contributed by atoms with Gasteiger partial charge >= 0.3 is 12.1 Å². The Labute approximate surface area is 130 Å². The molecule has 0 heterocycles. The smallest absolute Gasteiger partial charge is 0.415 e. The number of hydrogen-bond acceptors (Lipinski definition) is 5. The van der Waals surface area contributed by atoms with E-state index in [2.05, 4.69) is 4.74 Å². The summed E-state index contributed by atoms with van der Waals surface area (Å²) in [6.07, 6.45) is 2.33. The Morgan fingerprint density at radius 1 is 1.18 bits per heavy atom. The average molecular weight is 307 g/mol. The maximum Gasteiger partial charge on any atom is 0.415 e. The largest absolute Gasteiger partial charge is 0.497 e. The first-order valence-electron chi connectivity index (χ1n) is 6.96. The highest BCUT2D eigenvalue weighted by Gasteiger charge is 2.14. The molecule has 0 spiro atoms. The first-order chi connectivity index (χ1) is 10.5. The Balaban J connectivity index is 3.05. The van der Waals surface area contributed by atoms with Gasteiger partial charge in [0.25, 0.3) is 0 Å². The summed E-state index contributed by atoms with van der Waals surface area (Å²) in [5, 5.41) is 0. The number of rotatable bonds is 6. The molecule has 6 heteroatoms. The van der Waals surface area contributed by atoms with Gasteiger partial charge in [0.2, 0.25) is 0 Å². The Morgan fingerprint density at radius 3 is 2.41 bits per heavy atom. The highest BCUT2D eigenvalue weighted by Crippen LogP contribution is 2.26. The fourth-order valence-electron chi connectivity index (χ4n) is 1.73. The van der Waals surface area contributed by atoms with Gasteiger partial charge in [0.1, 0.15) is 11.5 Å². The van der Waals surface area contributed by atoms with E-state index >= 15 is 0 Å². The molecule has 0 bridgehead atoms. The van der Waals surface area contributed by atoms with E-state index in [-0.39, 0.29) is 0 Å². The number of ether oxygens (including phenoxy) is 3. The predicted octanol–water partition coefficient (Wildman–Crippen LogP) is 2.72. The van der Waals surface area contributed by atoms with Gasteiger partial charge in [0, 0.05) is 30.8 Å². The van der Waals surface area contributed by atoms with Gasteiger partial charge in [0.05, 0.1) is 14.2 Å². The van der Waals surface area contributed by atoms with Gasteiger partial charge in [-0.1, -0.05) is 0 Å². The molecular weight excluding hydrogens is 286 g/mol. The van der Waals surface area contributed by atoms with Crippen molar-refractivity contribution in [3.63, 3.8) is 0 Å². The highest BCUT2D eigenvalue weighted by atomic mass is 16.6. The second-order valence-electron chi connectivity index (χ2n) is 4.30.